The van der Waals surface area contributed by atoms with Gasteiger partial charge in [0.15, 0.2) is 0 Å². The van der Waals surface area contributed by atoms with E-state index in [-0.39, 0.29) is 19.0 Å². The molecule has 0 saturated carbocycles. The molecular formula is C17H28N4O5. The van der Waals surface area contributed by atoms with Gasteiger partial charge in [0.25, 0.3) is 12.9 Å². The van der Waals surface area contributed by atoms with Crippen LogP contribution in [0.1, 0.15) is 23.4 Å². The lowest BCUT2D eigenvalue weighted by Gasteiger charge is -2.36. The summed E-state index contributed by atoms with van der Waals surface area (Å²) in [4.78, 5) is 24.4. The number of β-amino-alcohol motifs (C(OH)–C–C–N with tert-alkyl or cyclic N) is 1. The third kappa shape index (κ3) is 8.62. The number of carboxylic acid groups (broad SMARTS) is 2. The minimum Gasteiger partial charge on any atom is -0.483 e. The molecule has 1 saturated heterocycles. The number of nitriles is 1. The molecule has 1 aromatic heterocycles. The molecule has 0 unspecified atom stereocenters. The number of carbonyl (C=O) groups is 2. The second-order valence-corrected chi connectivity index (χ2v) is 6.27. The zero-order valence-corrected chi connectivity index (χ0v) is 15.4. The van der Waals surface area contributed by atoms with Crippen LogP contribution < -0.4 is 0 Å². The summed E-state index contributed by atoms with van der Waals surface area (Å²) in [5, 5.41) is 33.0. The molecule has 4 N–H and O–H groups in total. The van der Waals surface area contributed by atoms with Crippen LogP contribution in [-0.2, 0) is 16.1 Å². The second kappa shape index (κ2) is 12.9. The maximum atomic E-state index is 10.2. The van der Waals surface area contributed by atoms with Crippen LogP contribution in [0.25, 0.3) is 0 Å². The number of likely N-dealkylation sites (tertiary alicyclic amines) is 1. The van der Waals surface area contributed by atoms with Crippen molar-refractivity contribution >= 4 is 12.9 Å². The molecule has 1 fully saturated rings. The maximum absolute atomic E-state index is 10.2. The van der Waals surface area contributed by atoms with Crippen LogP contribution >= 0.6 is 0 Å². The van der Waals surface area contributed by atoms with Crippen LogP contribution in [0, 0.1) is 24.2 Å². The van der Waals surface area contributed by atoms with E-state index in [1.165, 1.54) is 0 Å². The lowest BCUT2D eigenvalue weighted by molar-refractivity contribution is -0.123. The zero-order chi connectivity index (χ0) is 20.1. The van der Waals surface area contributed by atoms with E-state index in [0.29, 0.717) is 18.0 Å². The van der Waals surface area contributed by atoms with Crippen molar-refractivity contribution in [1.29, 1.82) is 5.26 Å². The second-order valence-electron chi connectivity index (χ2n) is 6.27. The molecule has 0 bridgehead atoms. The molecule has 2 rings (SSSR count). The van der Waals surface area contributed by atoms with Gasteiger partial charge >= 0.3 is 0 Å². The standard InChI is InChI=1S/C15H24N4O.2CH2O2/c1-11-13(7-16)6-14(17-11)9-19-5-4-12(8-18(2)3)15(20)10-19;2*2-1-3/h6,12,15,17,20H,4-5,8-10H2,1-3H3;2*1H,(H,2,3)/t12-,15+;;/m0../s1. The minimum absolute atomic E-state index is 0.250. The lowest BCUT2D eigenvalue weighted by atomic mass is 9.93. The fourth-order valence-electron chi connectivity index (χ4n) is 2.94. The van der Waals surface area contributed by atoms with Gasteiger partial charge in [-0.2, -0.15) is 5.26 Å². The third-order valence-electron chi connectivity index (χ3n) is 3.99. The minimum atomic E-state index is -0.266. The van der Waals surface area contributed by atoms with Gasteiger partial charge in [-0.15, -0.1) is 0 Å². The lowest BCUT2D eigenvalue weighted by Crippen LogP contribution is -2.46. The monoisotopic (exact) mass is 368 g/mol. The first-order valence-corrected chi connectivity index (χ1v) is 8.12. The van der Waals surface area contributed by atoms with Gasteiger partial charge in [-0.3, -0.25) is 14.5 Å². The fourth-order valence-corrected chi connectivity index (χ4v) is 2.94. The molecule has 0 radical (unpaired) electrons. The van der Waals surface area contributed by atoms with Gasteiger partial charge in [-0.05, 0) is 46.0 Å². The Morgan fingerprint density at radius 2 is 1.96 bits per heavy atom. The highest BCUT2D eigenvalue weighted by molar-refractivity contribution is 5.35. The zero-order valence-electron chi connectivity index (χ0n) is 15.4. The molecule has 1 aliphatic heterocycles. The Balaban J connectivity index is 0.000000918. The Hall–Kier alpha value is -2.41. The highest BCUT2D eigenvalue weighted by atomic mass is 16.3. The fraction of sp³-hybridized carbons (Fsp3) is 0.588. The topological polar surface area (TPSA) is 141 Å². The van der Waals surface area contributed by atoms with E-state index in [9.17, 15) is 5.11 Å². The number of aliphatic hydroxyl groups is 1. The molecule has 1 aliphatic rings. The molecule has 0 spiro atoms. The van der Waals surface area contributed by atoms with Crippen molar-refractivity contribution in [3.8, 4) is 6.07 Å². The van der Waals surface area contributed by atoms with E-state index in [1.807, 2.05) is 27.1 Å². The van der Waals surface area contributed by atoms with Crippen molar-refractivity contribution in [2.45, 2.75) is 26.0 Å². The summed E-state index contributed by atoms with van der Waals surface area (Å²) in [6.07, 6.45) is 0.752. The number of nitrogens with zero attached hydrogens (tertiary/aromatic N) is 3. The Kier molecular flexibility index (Phi) is 11.7. The van der Waals surface area contributed by atoms with Gasteiger partial charge in [0.1, 0.15) is 6.07 Å². The van der Waals surface area contributed by atoms with Crippen LogP contribution in [0.2, 0.25) is 0 Å². The normalized spacial score (nSPS) is 19.4. The van der Waals surface area contributed by atoms with Gasteiger partial charge in [-0.25, -0.2) is 0 Å². The molecule has 9 nitrogen and oxygen atoms in total. The van der Waals surface area contributed by atoms with E-state index in [2.05, 4.69) is 20.9 Å². The highest BCUT2D eigenvalue weighted by Gasteiger charge is 2.28. The molecule has 9 heteroatoms. The molecular weight excluding hydrogens is 340 g/mol. The van der Waals surface area contributed by atoms with Gasteiger partial charge in [0, 0.05) is 31.0 Å². The Bertz CT molecular complexity index is 576. The SMILES string of the molecule is Cc1[nH]c(CN2CC[C@@H](CN(C)C)[C@H](O)C2)cc1C#N.O=CO.O=CO. The number of aryl methyl sites for hydroxylation is 1. The number of aliphatic hydroxyl groups excluding tert-OH is 1. The quantitative estimate of drug-likeness (QED) is 0.558. The van der Waals surface area contributed by atoms with Gasteiger partial charge in [-0.1, -0.05) is 0 Å². The van der Waals surface area contributed by atoms with E-state index < -0.39 is 0 Å². The summed E-state index contributed by atoms with van der Waals surface area (Å²) in [5.74, 6) is 0.362. The van der Waals surface area contributed by atoms with Crippen molar-refractivity contribution in [3.05, 3.63) is 23.0 Å². The first-order valence-electron chi connectivity index (χ1n) is 8.12. The van der Waals surface area contributed by atoms with Crippen molar-refractivity contribution in [2.24, 2.45) is 5.92 Å². The summed E-state index contributed by atoms with van der Waals surface area (Å²) < 4.78 is 0. The van der Waals surface area contributed by atoms with Crippen LogP contribution in [0.15, 0.2) is 6.07 Å². The van der Waals surface area contributed by atoms with Crippen molar-refractivity contribution < 1.29 is 24.9 Å². The number of aromatic amines is 1. The van der Waals surface area contributed by atoms with E-state index >= 15 is 0 Å². The third-order valence-corrected chi connectivity index (χ3v) is 3.99. The molecule has 0 amide bonds. The number of nitrogens with one attached hydrogen (secondary N) is 1. The predicted octanol–water partition coefficient (Wildman–Crippen LogP) is 0.341. The first-order chi connectivity index (χ1) is 12.3. The smallest absolute Gasteiger partial charge is 0.290 e. The van der Waals surface area contributed by atoms with Gasteiger partial charge < -0.3 is 25.2 Å². The predicted molar refractivity (Wildman–Crippen MR) is 95.6 cm³/mol. The molecule has 26 heavy (non-hydrogen) atoms. The van der Waals surface area contributed by atoms with Crippen LogP contribution in [0.5, 0.6) is 0 Å². The first kappa shape index (κ1) is 23.6. The van der Waals surface area contributed by atoms with Crippen LogP contribution in [0.4, 0.5) is 0 Å². The molecule has 2 heterocycles. The number of hydrogen-bond acceptors (Lipinski definition) is 6. The van der Waals surface area contributed by atoms with Crippen LogP contribution in [0.3, 0.4) is 0 Å². The number of piperidine rings is 1. The van der Waals surface area contributed by atoms with Gasteiger partial charge in [0.05, 0.1) is 11.7 Å². The van der Waals surface area contributed by atoms with Crippen molar-refractivity contribution in [1.82, 2.24) is 14.8 Å². The highest BCUT2D eigenvalue weighted by Crippen LogP contribution is 2.20. The molecule has 0 aliphatic carbocycles. The Morgan fingerprint density at radius 1 is 1.38 bits per heavy atom. The number of aromatic nitrogens is 1. The largest absolute Gasteiger partial charge is 0.483 e. The van der Waals surface area contributed by atoms with E-state index in [0.717, 1.165) is 37.4 Å². The molecule has 146 valence electrons. The van der Waals surface area contributed by atoms with Crippen molar-refractivity contribution in [3.63, 3.8) is 0 Å². The van der Waals surface area contributed by atoms with Gasteiger partial charge in [0.2, 0.25) is 0 Å². The molecule has 0 aromatic carbocycles. The Morgan fingerprint density at radius 3 is 2.38 bits per heavy atom. The molecule has 2 atom stereocenters. The number of hydrogen-bond donors (Lipinski definition) is 4. The summed E-state index contributed by atoms with van der Waals surface area (Å²) in [6.45, 7) is 4.83. The number of rotatable bonds is 4. The van der Waals surface area contributed by atoms with Crippen molar-refractivity contribution in [2.75, 3.05) is 33.7 Å². The van der Waals surface area contributed by atoms with Crippen LogP contribution in [-0.4, -0.2) is 82.9 Å². The average Bonchev–Trinajstić information content (AvgIpc) is 2.91. The molecule has 1 aromatic rings. The summed E-state index contributed by atoms with van der Waals surface area (Å²) in [7, 11) is 4.09. The summed E-state index contributed by atoms with van der Waals surface area (Å²) >= 11 is 0. The summed E-state index contributed by atoms with van der Waals surface area (Å²) in [6, 6.07) is 4.10. The maximum Gasteiger partial charge on any atom is 0.290 e. The summed E-state index contributed by atoms with van der Waals surface area (Å²) in [5.41, 5.74) is 2.69. The van der Waals surface area contributed by atoms with E-state index in [4.69, 9.17) is 25.1 Å². The number of H-pyrrole nitrogens is 1. The van der Waals surface area contributed by atoms with E-state index in [1.54, 1.807) is 0 Å². The average molecular weight is 368 g/mol. The Labute approximate surface area is 153 Å².